The lowest BCUT2D eigenvalue weighted by atomic mass is 10.1. The number of nitriles is 1. The van der Waals surface area contributed by atoms with Crippen molar-refractivity contribution in [2.24, 2.45) is 5.92 Å². The predicted molar refractivity (Wildman–Crippen MR) is 109 cm³/mol. The van der Waals surface area contributed by atoms with E-state index in [1.165, 1.54) is 0 Å². The average Bonchev–Trinajstić information content (AvgIpc) is 2.64. The van der Waals surface area contributed by atoms with E-state index in [1.54, 1.807) is 4.90 Å². The Kier molecular flexibility index (Phi) is 8.27. The van der Waals surface area contributed by atoms with Gasteiger partial charge in [0.15, 0.2) is 0 Å². The first kappa shape index (κ1) is 21.4. The smallest absolute Gasteiger partial charge is 0.241 e. The number of piperidine rings is 1. The van der Waals surface area contributed by atoms with Crippen molar-refractivity contribution in [3.8, 4) is 6.07 Å². The maximum Gasteiger partial charge on any atom is 0.241 e. The summed E-state index contributed by atoms with van der Waals surface area (Å²) < 4.78 is 5.94. The van der Waals surface area contributed by atoms with Gasteiger partial charge < -0.3 is 9.64 Å². The third-order valence-corrected chi connectivity index (χ3v) is 5.17. The minimum absolute atomic E-state index is 0.0699. The molecule has 148 valence electrons. The Bertz CT molecular complexity index is 658. The molecule has 0 N–H and O–H groups in total. The fraction of sp³-hybridized carbons (Fsp3) is 0.636. The Balaban J connectivity index is 1.97. The van der Waals surface area contributed by atoms with E-state index in [9.17, 15) is 4.79 Å². The summed E-state index contributed by atoms with van der Waals surface area (Å²) in [5.41, 5.74) is 3.18. The van der Waals surface area contributed by atoms with Crippen LogP contribution in [0.2, 0.25) is 0 Å². The van der Waals surface area contributed by atoms with Crippen molar-refractivity contribution in [1.82, 2.24) is 4.90 Å². The van der Waals surface area contributed by atoms with Crippen LogP contribution in [0.4, 0.5) is 5.69 Å². The van der Waals surface area contributed by atoms with E-state index in [4.69, 9.17) is 10.00 Å². The molecule has 0 spiro atoms. The van der Waals surface area contributed by atoms with Crippen LogP contribution in [0.3, 0.4) is 0 Å². The first-order chi connectivity index (χ1) is 12.9. The molecule has 0 atom stereocenters. The highest BCUT2D eigenvalue weighted by Gasteiger charge is 2.25. The summed E-state index contributed by atoms with van der Waals surface area (Å²) in [4.78, 5) is 17.0. The third kappa shape index (κ3) is 6.34. The number of hydrogen-bond acceptors (Lipinski definition) is 4. The molecule has 1 saturated heterocycles. The molecule has 0 bridgehead atoms. The highest BCUT2D eigenvalue weighted by atomic mass is 16.5. The van der Waals surface area contributed by atoms with Gasteiger partial charge in [0.25, 0.3) is 0 Å². The molecule has 1 aromatic carbocycles. The molecule has 2 rings (SSSR count). The van der Waals surface area contributed by atoms with Gasteiger partial charge in [-0.1, -0.05) is 26.0 Å². The standard InChI is InChI=1S/C22H33N3O2/c1-17(2)16-27-20-9-13-24(14-10-20)15-22(26)25(12-6-11-23)21-8-5-7-18(3)19(21)4/h5,7-8,17,20H,6,9-10,12-16H2,1-4H3. The van der Waals surface area contributed by atoms with Crippen LogP contribution < -0.4 is 4.90 Å². The summed E-state index contributed by atoms with van der Waals surface area (Å²) in [6, 6.07) is 8.16. The Hall–Kier alpha value is -1.90. The van der Waals surface area contributed by atoms with Crippen molar-refractivity contribution in [2.45, 2.75) is 53.1 Å². The normalized spacial score (nSPS) is 15.7. The second kappa shape index (κ2) is 10.4. The van der Waals surface area contributed by atoms with Gasteiger partial charge in [-0.15, -0.1) is 0 Å². The van der Waals surface area contributed by atoms with Crippen molar-refractivity contribution in [3.63, 3.8) is 0 Å². The molecule has 0 unspecified atom stereocenters. The number of nitrogens with zero attached hydrogens (tertiary/aromatic N) is 3. The van der Waals surface area contributed by atoms with Crippen LogP contribution in [0.1, 0.15) is 44.2 Å². The molecule has 5 nitrogen and oxygen atoms in total. The molecule has 1 heterocycles. The minimum atomic E-state index is 0.0699. The van der Waals surface area contributed by atoms with Crippen molar-refractivity contribution in [1.29, 1.82) is 5.26 Å². The van der Waals surface area contributed by atoms with Crippen LogP contribution in [0.15, 0.2) is 18.2 Å². The number of hydrogen-bond donors (Lipinski definition) is 0. The lowest BCUT2D eigenvalue weighted by Gasteiger charge is -2.33. The Morgan fingerprint density at radius 2 is 2.04 bits per heavy atom. The number of carbonyl (C=O) groups is 1. The largest absolute Gasteiger partial charge is 0.378 e. The number of anilines is 1. The van der Waals surface area contributed by atoms with E-state index in [1.807, 2.05) is 32.0 Å². The van der Waals surface area contributed by atoms with Crippen LogP contribution >= 0.6 is 0 Å². The molecular formula is C22H33N3O2. The molecule has 1 aliphatic rings. The van der Waals surface area contributed by atoms with Gasteiger partial charge in [-0.2, -0.15) is 5.26 Å². The first-order valence-electron chi connectivity index (χ1n) is 9.99. The van der Waals surface area contributed by atoms with Crippen LogP contribution in [0, 0.1) is 31.1 Å². The van der Waals surface area contributed by atoms with Crippen molar-refractivity contribution < 1.29 is 9.53 Å². The Morgan fingerprint density at radius 3 is 2.67 bits per heavy atom. The predicted octanol–water partition coefficient (Wildman–Crippen LogP) is 3.69. The van der Waals surface area contributed by atoms with Crippen LogP contribution in [-0.2, 0) is 9.53 Å². The van der Waals surface area contributed by atoms with E-state index in [0.717, 1.165) is 49.4 Å². The van der Waals surface area contributed by atoms with Gasteiger partial charge in [-0.25, -0.2) is 0 Å². The highest BCUT2D eigenvalue weighted by Crippen LogP contribution is 2.24. The molecule has 0 saturated carbocycles. The van der Waals surface area contributed by atoms with Gasteiger partial charge >= 0.3 is 0 Å². The summed E-state index contributed by atoms with van der Waals surface area (Å²) in [5.74, 6) is 0.622. The van der Waals surface area contributed by atoms with E-state index in [-0.39, 0.29) is 5.91 Å². The molecule has 1 amide bonds. The molecule has 0 radical (unpaired) electrons. The van der Waals surface area contributed by atoms with Gasteiger partial charge in [-0.05, 0) is 49.8 Å². The fourth-order valence-electron chi connectivity index (χ4n) is 3.41. The molecule has 27 heavy (non-hydrogen) atoms. The lowest BCUT2D eigenvalue weighted by Crippen LogP contribution is -2.45. The van der Waals surface area contributed by atoms with Crippen molar-refractivity contribution >= 4 is 11.6 Å². The Labute approximate surface area is 163 Å². The molecule has 0 aromatic heterocycles. The first-order valence-corrected chi connectivity index (χ1v) is 9.99. The number of ether oxygens (including phenoxy) is 1. The average molecular weight is 372 g/mol. The van der Waals surface area contributed by atoms with E-state index in [2.05, 4.69) is 24.8 Å². The van der Waals surface area contributed by atoms with Gasteiger partial charge in [0.05, 0.1) is 25.1 Å². The molecule has 1 fully saturated rings. The highest BCUT2D eigenvalue weighted by molar-refractivity contribution is 5.95. The van der Waals surface area contributed by atoms with Gasteiger partial charge in [0.1, 0.15) is 0 Å². The van der Waals surface area contributed by atoms with Gasteiger partial charge in [0, 0.05) is 31.9 Å². The topological polar surface area (TPSA) is 56.6 Å². The maximum absolute atomic E-state index is 13.0. The molecule has 1 aliphatic heterocycles. The summed E-state index contributed by atoms with van der Waals surface area (Å²) in [7, 11) is 0. The zero-order valence-electron chi connectivity index (χ0n) is 17.2. The summed E-state index contributed by atoms with van der Waals surface area (Å²) in [5, 5.41) is 9.00. The maximum atomic E-state index is 13.0. The van der Waals surface area contributed by atoms with Gasteiger partial charge in [0.2, 0.25) is 5.91 Å². The van der Waals surface area contributed by atoms with Crippen molar-refractivity contribution in [2.75, 3.05) is 37.7 Å². The Morgan fingerprint density at radius 1 is 1.33 bits per heavy atom. The molecule has 5 heteroatoms. The molecular weight excluding hydrogens is 338 g/mol. The van der Waals surface area contributed by atoms with Crippen molar-refractivity contribution in [3.05, 3.63) is 29.3 Å². The lowest BCUT2D eigenvalue weighted by molar-refractivity contribution is -0.120. The minimum Gasteiger partial charge on any atom is -0.378 e. The zero-order chi connectivity index (χ0) is 19.8. The van der Waals surface area contributed by atoms with E-state index >= 15 is 0 Å². The van der Waals surface area contributed by atoms with Gasteiger partial charge in [-0.3, -0.25) is 9.69 Å². The van der Waals surface area contributed by atoms with Crippen LogP contribution in [0.25, 0.3) is 0 Å². The third-order valence-electron chi connectivity index (χ3n) is 5.17. The van der Waals surface area contributed by atoms with Crippen LogP contribution in [0.5, 0.6) is 0 Å². The number of carbonyl (C=O) groups excluding carboxylic acids is 1. The second-order valence-corrected chi connectivity index (χ2v) is 7.88. The number of benzene rings is 1. The quantitative estimate of drug-likeness (QED) is 0.699. The summed E-state index contributed by atoms with van der Waals surface area (Å²) >= 11 is 0. The van der Waals surface area contributed by atoms with E-state index in [0.29, 0.717) is 31.5 Å². The second-order valence-electron chi connectivity index (χ2n) is 7.88. The fourth-order valence-corrected chi connectivity index (χ4v) is 3.41. The zero-order valence-corrected chi connectivity index (χ0v) is 17.2. The number of likely N-dealkylation sites (tertiary alicyclic amines) is 1. The number of amides is 1. The molecule has 0 aliphatic carbocycles. The summed E-state index contributed by atoms with van der Waals surface area (Å²) in [6.07, 6.45) is 2.60. The van der Waals surface area contributed by atoms with E-state index < -0.39 is 0 Å². The molecule has 1 aromatic rings. The number of aryl methyl sites for hydroxylation is 1. The monoisotopic (exact) mass is 371 g/mol. The summed E-state index contributed by atoms with van der Waals surface area (Å²) in [6.45, 7) is 11.8. The van der Waals surface area contributed by atoms with Crippen LogP contribution in [-0.4, -0.2) is 49.7 Å². The number of rotatable bonds is 8. The SMILES string of the molecule is Cc1cccc(N(CCC#N)C(=O)CN2CCC(OCC(C)C)CC2)c1C.